The largest absolute Gasteiger partial charge is 0.376 e. The highest BCUT2D eigenvalue weighted by molar-refractivity contribution is 5.45. The third kappa shape index (κ3) is 4.76. The van der Waals surface area contributed by atoms with E-state index >= 15 is 0 Å². The molecule has 112 valence electrons. The van der Waals surface area contributed by atoms with Gasteiger partial charge in [0.2, 0.25) is 0 Å². The minimum absolute atomic E-state index is 0.112. The highest BCUT2D eigenvalue weighted by Gasteiger charge is 2.18. The van der Waals surface area contributed by atoms with Gasteiger partial charge in [0.15, 0.2) is 0 Å². The Balaban J connectivity index is 1.93. The number of hydrogen-bond acceptors (Lipinski definition) is 4. The third-order valence-electron chi connectivity index (χ3n) is 3.54. The molecule has 20 heavy (non-hydrogen) atoms. The number of rotatable bonds is 5. The van der Waals surface area contributed by atoms with E-state index in [1.54, 1.807) is 0 Å². The molecule has 1 atom stereocenters. The first-order chi connectivity index (χ1) is 9.44. The van der Waals surface area contributed by atoms with Crippen molar-refractivity contribution in [3.63, 3.8) is 0 Å². The lowest BCUT2D eigenvalue weighted by Crippen LogP contribution is -2.35. The molecule has 2 heterocycles. The van der Waals surface area contributed by atoms with Crippen molar-refractivity contribution >= 4 is 5.69 Å². The van der Waals surface area contributed by atoms with E-state index in [9.17, 15) is 0 Å². The van der Waals surface area contributed by atoms with Crippen LogP contribution in [0, 0.1) is 0 Å². The number of likely N-dealkylation sites (N-methyl/N-ethyl adjacent to an activating group) is 1. The van der Waals surface area contributed by atoms with Crippen molar-refractivity contribution in [1.29, 1.82) is 0 Å². The fourth-order valence-corrected chi connectivity index (χ4v) is 2.35. The molecule has 0 saturated carbocycles. The lowest BCUT2D eigenvalue weighted by atomic mass is 10.1. The summed E-state index contributed by atoms with van der Waals surface area (Å²) < 4.78 is 5.70. The van der Waals surface area contributed by atoms with Gasteiger partial charge in [-0.1, -0.05) is 0 Å². The molecule has 0 aliphatic carbocycles. The molecule has 0 amide bonds. The predicted octanol–water partition coefficient (Wildman–Crippen LogP) is 2.58. The van der Waals surface area contributed by atoms with Crippen molar-refractivity contribution < 1.29 is 4.74 Å². The minimum Gasteiger partial charge on any atom is -0.376 e. The lowest BCUT2D eigenvalue weighted by Gasteiger charge is -2.24. The number of anilines is 1. The highest BCUT2D eigenvalue weighted by atomic mass is 16.5. The Morgan fingerprint density at radius 2 is 2.25 bits per heavy atom. The molecule has 1 aliphatic heterocycles. The van der Waals surface area contributed by atoms with Crippen molar-refractivity contribution in [2.75, 3.05) is 25.1 Å². The van der Waals surface area contributed by atoms with Crippen molar-refractivity contribution in [2.24, 2.45) is 0 Å². The summed E-state index contributed by atoms with van der Waals surface area (Å²) in [5, 5.41) is 3.47. The van der Waals surface area contributed by atoms with E-state index in [0.29, 0.717) is 6.10 Å². The molecule has 1 unspecified atom stereocenters. The second-order valence-corrected chi connectivity index (χ2v) is 6.62. The molecule has 0 bridgehead atoms. The van der Waals surface area contributed by atoms with Crippen molar-refractivity contribution in [2.45, 2.75) is 51.8 Å². The van der Waals surface area contributed by atoms with E-state index in [4.69, 9.17) is 4.74 Å². The van der Waals surface area contributed by atoms with Gasteiger partial charge in [0, 0.05) is 44.2 Å². The molecular weight excluding hydrogens is 250 g/mol. The van der Waals surface area contributed by atoms with E-state index in [-0.39, 0.29) is 5.54 Å². The SMILES string of the molecule is CN(CC1CCCO1)c1ccnc(CNC(C)(C)C)c1. The molecule has 1 N–H and O–H groups in total. The van der Waals surface area contributed by atoms with Gasteiger partial charge in [0.25, 0.3) is 0 Å². The maximum atomic E-state index is 5.70. The summed E-state index contributed by atoms with van der Waals surface area (Å²) in [7, 11) is 2.12. The average molecular weight is 277 g/mol. The molecule has 0 radical (unpaired) electrons. The zero-order valence-electron chi connectivity index (χ0n) is 13.1. The van der Waals surface area contributed by atoms with Crippen LogP contribution in [-0.4, -0.2) is 36.8 Å². The van der Waals surface area contributed by atoms with Crippen LogP contribution in [0.3, 0.4) is 0 Å². The van der Waals surface area contributed by atoms with Crippen LogP contribution in [0.5, 0.6) is 0 Å². The quantitative estimate of drug-likeness (QED) is 0.897. The summed E-state index contributed by atoms with van der Waals surface area (Å²) in [6.07, 6.45) is 4.63. The summed E-state index contributed by atoms with van der Waals surface area (Å²) in [6, 6.07) is 4.23. The van der Waals surface area contributed by atoms with Crippen LogP contribution in [0.4, 0.5) is 5.69 Å². The van der Waals surface area contributed by atoms with Crippen LogP contribution in [-0.2, 0) is 11.3 Å². The van der Waals surface area contributed by atoms with Gasteiger partial charge in [-0.05, 0) is 45.7 Å². The lowest BCUT2D eigenvalue weighted by molar-refractivity contribution is 0.116. The summed E-state index contributed by atoms with van der Waals surface area (Å²) in [5.41, 5.74) is 2.40. The molecule has 1 aliphatic rings. The number of hydrogen-bond donors (Lipinski definition) is 1. The Labute approximate surface area is 122 Å². The van der Waals surface area contributed by atoms with Crippen molar-refractivity contribution in [3.8, 4) is 0 Å². The van der Waals surface area contributed by atoms with E-state index in [2.05, 4.69) is 55.2 Å². The number of pyridine rings is 1. The molecule has 0 aromatic carbocycles. The number of nitrogens with one attached hydrogen (secondary N) is 1. The summed E-state index contributed by atoms with van der Waals surface area (Å²) in [6.45, 7) is 9.16. The van der Waals surface area contributed by atoms with Gasteiger partial charge < -0.3 is 15.0 Å². The maximum absolute atomic E-state index is 5.70. The predicted molar refractivity (Wildman–Crippen MR) is 83.1 cm³/mol. The standard InChI is InChI=1S/C16H27N3O/c1-16(2,3)18-11-13-10-14(7-8-17-13)19(4)12-15-6-5-9-20-15/h7-8,10,15,18H,5-6,9,11-12H2,1-4H3. The first kappa shape index (κ1) is 15.3. The molecule has 1 aromatic rings. The maximum Gasteiger partial charge on any atom is 0.0750 e. The third-order valence-corrected chi connectivity index (χ3v) is 3.54. The average Bonchev–Trinajstić information content (AvgIpc) is 2.89. The molecule has 1 fully saturated rings. The van der Waals surface area contributed by atoms with E-state index in [1.807, 2.05) is 6.20 Å². The second-order valence-electron chi connectivity index (χ2n) is 6.62. The number of ether oxygens (including phenoxy) is 1. The summed E-state index contributed by atoms with van der Waals surface area (Å²) >= 11 is 0. The van der Waals surface area contributed by atoms with Gasteiger partial charge in [-0.15, -0.1) is 0 Å². The summed E-state index contributed by atoms with van der Waals surface area (Å²) in [5.74, 6) is 0. The molecule has 4 nitrogen and oxygen atoms in total. The smallest absolute Gasteiger partial charge is 0.0750 e. The normalized spacial score (nSPS) is 19.3. The Morgan fingerprint density at radius 3 is 2.90 bits per heavy atom. The van der Waals surface area contributed by atoms with Crippen molar-refractivity contribution in [3.05, 3.63) is 24.0 Å². The Hall–Kier alpha value is -1.13. The fraction of sp³-hybridized carbons (Fsp3) is 0.688. The topological polar surface area (TPSA) is 37.4 Å². The van der Waals surface area contributed by atoms with Gasteiger partial charge in [0.05, 0.1) is 11.8 Å². The van der Waals surface area contributed by atoms with E-state index < -0.39 is 0 Å². The Bertz CT molecular complexity index is 422. The van der Waals surface area contributed by atoms with E-state index in [0.717, 1.165) is 25.4 Å². The summed E-state index contributed by atoms with van der Waals surface area (Å²) in [4.78, 5) is 6.70. The highest BCUT2D eigenvalue weighted by Crippen LogP contribution is 2.18. The monoisotopic (exact) mass is 277 g/mol. The molecule has 1 aromatic heterocycles. The minimum atomic E-state index is 0.112. The van der Waals surface area contributed by atoms with Crippen LogP contribution in [0.1, 0.15) is 39.3 Å². The fourth-order valence-electron chi connectivity index (χ4n) is 2.35. The molecule has 2 rings (SSSR count). The first-order valence-corrected chi connectivity index (χ1v) is 7.47. The number of aromatic nitrogens is 1. The second kappa shape index (κ2) is 6.55. The van der Waals surface area contributed by atoms with Crippen LogP contribution in [0.2, 0.25) is 0 Å². The number of nitrogens with zero attached hydrogens (tertiary/aromatic N) is 2. The zero-order chi connectivity index (χ0) is 14.6. The molecule has 4 heteroatoms. The van der Waals surface area contributed by atoms with E-state index in [1.165, 1.54) is 18.5 Å². The molecular formula is C16H27N3O. The zero-order valence-corrected chi connectivity index (χ0v) is 13.1. The van der Waals surface area contributed by atoms with Crippen molar-refractivity contribution in [1.82, 2.24) is 10.3 Å². The van der Waals surface area contributed by atoms with Gasteiger partial charge in [-0.3, -0.25) is 4.98 Å². The van der Waals surface area contributed by atoms with Crippen LogP contribution >= 0.6 is 0 Å². The molecule has 0 spiro atoms. The Morgan fingerprint density at radius 1 is 1.45 bits per heavy atom. The molecule has 1 saturated heterocycles. The van der Waals surface area contributed by atoms with Gasteiger partial charge in [0.1, 0.15) is 0 Å². The van der Waals surface area contributed by atoms with Gasteiger partial charge >= 0.3 is 0 Å². The Kier molecular flexibility index (Phi) is 5.00. The van der Waals surface area contributed by atoms with Crippen LogP contribution < -0.4 is 10.2 Å². The van der Waals surface area contributed by atoms with Crippen LogP contribution in [0.25, 0.3) is 0 Å². The van der Waals surface area contributed by atoms with Gasteiger partial charge in [-0.25, -0.2) is 0 Å². The van der Waals surface area contributed by atoms with Crippen LogP contribution in [0.15, 0.2) is 18.3 Å². The van der Waals surface area contributed by atoms with Gasteiger partial charge in [-0.2, -0.15) is 0 Å². The first-order valence-electron chi connectivity index (χ1n) is 7.47.